The van der Waals surface area contributed by atoms with Crippen molar-refractivity contribution >= 4 is 17.6 Å². The molecule has 0 amide bonds. The monoisotopic (exact) mass is 329 g/mol. The summed E-state index contributed by atoms with van der Waals surface area (Å²) in [7, 11) is 3.00. The maximum Gasteiger partial charge on any atom is 0.319 e. The van der Waals surface area contributed by atoms with Crippen LogP contribution in [0.2, 0.25) is 5.02 Å². The minimum Gasteiger partial charge on any atom is -0.486 e. The lowest BCUT2D eigenvalue weighted by Crippen LogP contribution is -2.33. The number of halogens is 1. The standard InChI is InChI=1S/C15H20ClNO5/c1-19-4-3-17(10-14(18)20-2)9-11-7-12(16)15-13(8-11)21-5-6-22-15/h7-8H,3-6,9-10H2,1-2H3. The van der Waals surface area contributed by atoms with Gasteiger partial charge in [0.15, 0.2) is 11.5 Å². The molecule has 1 heterocycles. The van der Waals surface area contributed by atoms with Crippen molar-refractivity contribution < 1.29 is 23.7 Å². The molecule has 0 radical (unpaired) electrons. The smallest absolute Gasteiger partial charge is 0.319 e. The van der Waals surface area contributed by atoms with Gasteiger partial charge in [-0.1, -0.05) is 11.6 Å². The molecule has 0 unspecified atom stereocenters. The van der Waals surface area contributed by atoms with Crippen molar-refractivity contribution in [3.8, 4) is 11.5 Å². The molecule has 0 spiro atoms. The number of ether oxygens (including phenoxy) is 4. The van der Waals surface area contributed by atoms with Crippen molar-refractivity contribution in [3.05, 3.63) is 22.7 Å². The predicted octanol–water partition coefficient (Wildman–Crippen LogP) is 1.73. The summed E-state index contributed by atoms with van der Waals surface area (Å²) in [6.07, 6.45) is 0. The number of carbonyl (C=O) groups excluding carboxylic acids is 1. The van der Waals surface area contributed by atoms with E-state index in [1.807, 2.05) is 17.0 Å². The summed E-state index contributed by atoms with van der Waals surface area (Å²) in [5.74, 6) is 0.923. The van der Waals surface area contributed by atoms with Crippen molar-refractivity contribution in [2.75, 3.05) is 47.1 Å². The lowest BCUT2D eigenvalue weighted by molar-refractivity contribution is -0.142. The van der Waals surface area contributed by atoms with Crippen molar-refractivity contribution in [2.45, 2.75) is 6.54 Å². The van der Waals surface area contributed by atoms with Crippen LogP contribution >= 0.6 is 11.6 Å². The highest BCUT2D eigenvalue weighted by Crippen LogP contribution is 2.38. The van der Waals surface area contributed by atoms with Crippen LogP contribution < -0.4 is 9.47 Å². The third kappa shape index (κ3) is 4.50. The Morgan fingerprint density at radius 2 is 2.09 bits per heavy atom. The van der Waals surface area contributed by atoms with Gasteiger partial charge >= 0.3 is 5.97 Å². The molecule has 0 atom stereocenters. The van der Waals surface area contributed by atoms with Crippen LogP contribution in [0.15, 0.2) is 12.1 Å². The van der Waals surface area contributed by atoms with Gasteiger partial charge in [0, 0.05) is 20.2 Å². The van der Waals surface area contributed by atoms with E-state index in [-0.39, 0.29) is 12.5 Å². The Bertz CT molecular complexity index is 523. The Hall–Kier alpha value is -1.50. The van der Waals surface area contributed by atoms with Gasteiger partial charge in [0.1, 0.15) is 13.2 Å². The molecular weight excluding hydrogens is 310 g/mol. The van der Waals surface area contributed by atoms with Crippen molar-refractivity contribution in [2.24, 2.45) is 0 Å². The third-order valence-corrected chi connectivity index (χ3v) is 3.54. The third-order valence-electron chi connectivity index (χ3n) is 3.25. The number of hydrogen-bond donors (Lipinski definition) is 0. The minimum atomic E-state index is -0.292. The number of carbonyl (C=O) groups is 1. The van der Waals surface area contributed by atoms with Crippen LogP contribution in [0, 0.1) is 0 Å². The van der Waals surface area contributed by atoms with Gasteiger partial charge in [0.25, 0.3) is 0 Å². The maximum absolute atomic E-state index is 11.5. The molecule has 0 saturated heterocycles. The number of rotatable bonds is 7. The van der Waals surface area contributed by atoms with Gasteiger partial charge in [-0.05, 0) is 17.7 Å². The van der Waals surface area contributed by atoms with Gasteiger partial charge in [0.2, 0.25) is 0 Å². The Labute approximate surface area is 134 Å². The van der Waals surface area contributed by atoms with Crippen LogP contribution in [0.4, 0.5) is 0 Å². The first-order chi connectivity index (χ1) is 10.6. The van der Waals surface area contributed by atoms with E-state index >= 15 is 0 Å². The first kappa shape index (κ1) is 16.9. The molecule has 2 rings (SSSR count). The molecule has 7 heteroatoms. The topological polar surface area (TPSA) is 57.2 Å². The summed E-state index contributed by atoms with van der Waals surface area (Å²) >= 11 is 6.23. The molecule has 0 aromatic heterocycles. The van der Waals surface area contributed by atoms with E-state index in [2.05, 4.69) is 0 Å². The summed E-state index contributed by atoms with van der Waals surface area (Å²) in [5, 5.41) is 0.511. The van der Waals surface area contributed by atoms with E-state index < -0.39 is 0 Å². The highest BCUT2D eigenvalue weighted by atomic mass is 35.5. The second-order valence-electron chi connectivity index (χ2n) is 4.88. The van der Waals surface area contributed by atoms with Gasteiger partial charge in [0.05, 0.1) is 25.3 Å². The number of benzene rings is 1. The molecule has 1 aromatic rings. The van der Waals surface area contributed by atoms with Crippen LogP contribution in [0.5, 0.6) is 11.5 Å². The molecule has 0 bridgehead atoms. The number of methoxy groups -OCH3 is 2. The van der Waals surface area contributed by atoms with Crippen LogP contribution in [0.25, 0.3) is 0 Å². The lowest BCUT2D eigenvalue weighted by atomic mass is 10.1. The minimum absolute atomic E-state index is 0.186. The largest absolute Gasteiger partial charge is 0.486 e. The van der Waals surface area contributed by atoms with Gasteiger partial charge in [-0.25, -0.2) is 0 Å². The van der Waals surface area contributed by atoms with Gasteiger partial charge < -0.3 is 18.9 Å². The SMILES string of the molecule is COCCN(CC(=O)OC)Cc1cc(Cl)c2c(c1)OCCO2. The number of hydrogen-bond acceptors (Lipinski definition) is 6. The summed E-state index contributed by atoms with van der Waals surface area (Å²) in [6.45, 7) is 2.85. The lowest BCUT2D eigenvalue weighted by Gasteiger charge is -2.23. The first-order valence-corrected chi connectivity index (χ1v) is 7.38. The molecule has 122 valence electrons. The van der Waals surface area contributed by atoms with Crippen LogP contribution in [0.1, 0.15) is 5.56 Å². The normalized spacial score (nSPS) is 13.3. The Morgan fingerprint density at radius 1 is 1.32 bits per heavy atom. The van der Waals surface area contributed by atoms with E-state index in [0.717, 1.165) is 5.56 Å². The summed E-state index contributed by atoms with van der Waals surface area (Å²) in [4.78, 5) is 13.4. The molecule has 0 fully saturated rings. The van der Waals surface area contributed by atoms with E-state index in [1.54, 1.807) is 7.11 Å². The highest BCUT2D eigenvalue weighted by molar-refractivity contribution is 6.32. The zero-order chi connectivity index (χ0) is 15.9. The van der Waals surface area contributed by atoms with Crippen LogP contribution in [-0.4, -0.2) is 58.0 Å². The maximum atomic E-state index is 11.5. The Balaban J connectivity index is 2.11. The van der Waals surface area contributed by atoms with Crippen LogP contribution in [-0.2, 0) is 20.8 Å². The van der Waals surface area contributed by atoms with Crippen molar-refractivity contribution in [1.82, 2.24) is 4.90 Å². The number of nitrogens with zero attached hydrogens (tertiary/aromatic N) is 1. The van der Waals surface area contributed by atoms with E-state index in [4.69, 9.17) is 30.5 Å². The quantitative estimate of drug-likeness (QED) is 0.710. The summed E-state index contributed by atoms with van der Waals surface area (Å²) in [5.41, 5.74) is 0.939. The molecule has 0 saturated carbocycles. The predicted molar refractivity (Wildman–Crippen MR) is 81.6 cm³/mol. The highest BCUT2D eigenvalue weighted by Gasteiger charge is 2.18. The molecular formula is C15H20ClNO5. The second-order valence-corrected chi connectivity index (χ2v) is 5.29. The molecule has 22 heavy (non-hydrogen) atoms. The average Bonchev–Trinajstić information content (AvgIpc) is 2.52. The fraction of sp³-hybridized carbons (Fsp3) is 0.533. The fourth-order valence-corrected chi connectivity index (χ4v) is 2.48. The Morgan fingerprint density at radius 3 is 2.82 bits per heavy atom. The molecule has 0 N–H and O–H groups in total. The fourth-order valence-electron chi connectivity index (χ4n) is 2.20. The van der Waals surface area contributed by atoms with E-state index in [0.29, 0.717) is 49.4 Å². The summed E-state index contributed by atoms with van der Waals surface area (Å²) in [6, 6.07) is 3.71. The molecule has 1 aliphatic heterocycles. The zero-order valence-electron chi connectivity index (χ0n) is 12.8. The van der Waals surface area contributed by atoms with Gasteiger partial charge in [-0.3, -0.25) is 9.69 Å². The average molecular weight is 330 g/mol. The van der Waals surface area contributed by atoms with Crippen molar-refractivity contribution in [3.63, 3.8) is 0 Å². The molecule has 6 nitrogen and oxygen atoms in total. The van der Waals surface area contributed by atoms with Crippen LogP contribution in [0.3, 0.4) is 0 Å². The van der Waals surface area contributed by atoms with Crippen molar-refractivity contribution in [1.29, 1.82) is 0 Å². The van der Waals surface area contributed by atoms with E-state index in [1.165, 1.54) is 7.11 Å². The van der Waals surface area contributed by atoms with Gasteiger partial charge in [-0.15, -0.1) is 0 Å². The summed E-state index contributed by atoms with van der Waals surface area (Å²) < 4.78 is 20.9. The molecule has 1 aliphatic rings. The van der Waals surface area contributed by atoms with E-state index in [9.17, 15) is 4.79 Å². The van der Waals surface area contributed by atoms with Gasteiger partial charge in [-0.2, -0.15) is 0 Å². The molecule has 0 aliphatic carbocycles. The molecule has 1 aromatic carbocycles. The number of fused-ring (bicyclic) bond motifs is 1. The second kappa shape index (κ2) is 8.22. The Kier molecular flexibility index (Phi) is 6.30. The first-order valence-electron chi connectivity index (χ1n) is 7.00. The zero-order valence-corrected chi connectivity index (χ0v) is 13.5. The number of esters is 1.